The molecule has 0 fully saturated rings. The Bertz CT molecular complexity index is 230. The van der Waals surface area contributed by atoms with E-state index in [1.54, 1.807) is 13.8 Å². The second-order valence-electron chi connectivity index (χ2n) is 2.70. The first-order valence-electron chi connectivity index (χ1n) is 3.69. The van der Waals surface area contributed by atoms with Gasteiger partial charge in [-0.15, -0.1) is 0 Å². The third-order valence-corrected chi connectivity index (χ3v) is 1.22. The molecule has 0 aliphatic carbocycles. The average molecular weight is 187 g/mol. The summed E-state index contributed by atoms with van der Waals surface area (Å²) < 4.78 is 4.27. The lowest BCUT2D eigenvalue weighted by Gasteiger charge is -2.09. The molecule has 0 aromatic rings. The molecule has 0 spiro atoms. The monoisotopic (exact) mass is 187 g/mol. The topological polar surface area (TPSA) is 75.6 Å². The summed E-state index contributed by atoms with van der Waals surface area (Å²) in [4.78, 5) is 21.3. The minimum absolute atomic E-state index is 0.759. The lowest BCUT2D eigenvalue weighted by atomic mass is 10.2. The number of ether oxygens (including phenoxy) is 1. The average Bonchev–Trinajstić information content (AvgIpc) is 2.02. The summed E-state index contributed by atoms with van der Waals surface area (Å²) in [5.74, 6) is -1.12. The van der Waals surface area contributed by atoms with E-state index in [9.17, 15) is 9.59 Å². The van der Waals surface area contributed by atoms with Gasteiger partial charge in [0, 0.05) is 0 Å². The first-order chi connectivity index (χ1) is 5.97. The Kier molecular flexibility index (Phi) is 4.58. The molecule has 0 aliphatic heterocycles. The Morgan fingerprint density at radius 3 is 2.31 bits per heavy atom. The number of aliphatic carboxylic acids is 1. The molecule has 0 rings (SSSR count). The number of amides is 1. The Morgan fingerprint density at radius 2 is 2.00 bits per heavy atom. The SMILES string of the molecule is COC(=O)NC(C=C(C)C)C(=O)O. The molecular formula is C8H13NO4. The van der Waals surface area contributed by atoms with Crippen molar-refractivity contribution in [3.05, 3.63) is 11.6 Å². The van der Waals surface area contributed by atoms with E-state index in [1.807, 2.05) is 0 Å². The molecule has 5 nitrogen and oxygen atoms in total. The van der Waals surface area contributed by atoms with Crippen molar-refractivity contribution < 1.29 is 19.4 Å². The van der Waals surface area contributed by atoms with E-state index in [2.05, 4.69) is 10.1 Å². The van der Waals surface area contributed by atoms with Crippen LogP contribution in [-0.4, -0.2) is 30.3 Å². The third kappa shape index (κ3) is 4.84. The minimum atomic E-state index is -1.12. The lowest BCUT2D eigenvalue weighted by Crippen LogP contribution is -2.39. The summed E-state index contributed by atoms with van der Waals surface area (Å²) in [7, 11) is 1.18. The number of hydrogen-bond acceptors (Lipinski definition) is 3. The first kappa shape index (κ1) is 11.5. The molecule has 0 aliphatic rings. The smallest absolute Gasteiger partial charge is 0.407 e. The molecule has 1 amide bonds. The predicted octanol–water partition coefficient (Wildman–Crippen LogP) is 0.762. The molecule has 0 heterocycles. The van der Waals surface area contributed by atoms with Crippen LogP contribution in [0.15, 0.2) is 11.6 Å². The molecular weight excluding hydrogens is 174 g/mol. The van der Waals surface area contributed by atoms with Crippen molar-refractivity contribution >= 4 is 12.1 Å². The van der Waals surface area contributed by atoms with E-state index in [0.717, 1.165) is 5.57 Å². The number of allylic oxidation sites excluding steroid dienone is 1. The van der Waals surface area contributed by atoms with Crippen LogP contribution in [0.5, 0.6) is 0 Å². The van der Waals surface area contributed by atoms with E-state index in [1.165, 1.54) is 13.2 Å². The van der Waals surface area contributed by atoms with Crippen LogP contribution in [0.2, 0.25) is 0 Å². The second kappa shape index (κ2) is 5.18. The zero-order valence-electron chi connectivity index (χ0n) is 7.83. The number of rotatable bonds is 3. The molecule has 1 unspecified atom stereocenters. The van der Waals surface area contributed by atoms with Gasteiger partial charge in [-0.25, -0.2) is 9.59 Å². The molecule has 0 bridgehead atoms. The maximum absolute atomic E-state index is 10.7. The Balaban J connectivity index is 4.36. The van der Waals surface area contributed by atoms with Gasteiger partial charge in [0.05, 0.1) is 7.11 Å². The van der Waals surface area contributed by atoms with Crippen molar-refractivity contribution in [1.29, 1.82) is 0 Å². The van der Waals surface area contributed by atoms with Crippen LogP contribution in [-0.2, 0) is 9.53 Å². The lowest BCUT2D eigenvalue weighted by molar-refractivity contribution is -0.138. The summed E-state index contributed by atoms with van der Waals surface area (Å²) in [6, 6.07) is -1.03. The number of carbonyl (C=O) groups excluding carboxylic acids is 1. The highest BCUT2D eigenvalue weighted by Gasteiger charge is 2.16. The summed E-state index contributed by atoms with van der Waals surface area (Å²) in [5.41, 5.74) is 0.809. The van der Waals surface area contributed by atoms with Crippen molar-refractivity contribution in [2.75, 3.05) is 7.11 Å². The van der Waals surface area contributed by atoms with E-state index in [-0.39, 0.29) is 0 Å². The third-order valence-electron chi connectivity index (χ3n) is 1.22. The number of hydrogen-bond donors (Lipinski definition) is 2. The Labute approximate surface area is 76.4 Å². The van der Waals surface area contributed by atoms with Crippen molar-refractivity contribution in [2.45, 2.75) is 19.9 Å². The summed E-state index contributed by atoms with van der Waals surface area (Å²) in [6.07, 6.45) is 0.670. The molecule has 2 N–H and O–H groups in total. The van der Waals surface area contributed by atoms with Crippen LogP contribution in [0.25, 0.3) is 0 Å². The number of alkyl carbamates (subject to hydrolysis) is 1. The van der Waals surface area contributed by atoms with Crippen molar-refractivity contribution in [3.8, 4) is 0 Å². The number of carbonyl (C=O) groups is 2. The number of methoxy groups -OCH3 is 1. The Hall–Kier alpha value is -1.52. The van der Waals surface area contributed by atoms with Crippen LogP contribution in [0, 0.1) is 0 Å². The molecule has 74 valence electrons. The van der Waals surface area contributed by atoms with Crippen LogP contribution in [0.3, 0.4) is 0 Å². The number of carboxylic acids is 1. The van der Waals surface area contributed by atoms with E-state index < -0.39 is 18.1 Å². The van der Waals surface area contributed by atoms with Crippen molar-refractivity contribution in [1.82, 2.24) is 5.32 Å². The van der Waals surface area contributed by atoms with Gasteiger partial charge in [0.2, 0.25) is 0 Å². The van der Waals surface area contributed by atoms with Crippen LogP contribution >= 0.6 is 0 Å². The molecule has 1 atom stereocenters. The van der Waals surface area contributed by atoms with Crippen LogP contribution in [0.4, 0.5) is 4.79 Å². The minimum Gasteiger partial charge on any atom is -0.479 e. The predicted molar refractivity (Wildman–Crippen MR) is 46.4 cm³/mol. The molecule has 0 saturated carbocycles. The van der Waals surface area contributed by atoms with Gasteiger partial charge in [0.25, 0.3) is 0 Å². The summed E-state index contributed by atoms with van der Waals surface area (Å²) >= 11 is 0. The zero-order valence-corrected chi connectivity index (χ0v) is 7.83. The fourth-order valence-corrected chi connectivity index (χ4v) is 0.694. The molecule has 13 heavy (non-hydrogen) atoms. The fourth-order valence-electron chi connectivity index (χ4n) is 0.694. The maximum atomic E-state index is 10.7. The van der Waals surface area contributed by atoms with Gasteiger partial charge in [0.1, 0.15) is 6.04 Å². The van der Waals surface area contributed by atoms with Crippen LogP contribution in [0.1, 0.15) is 13.8 Å². The Morgan fingerprint density at radius 1 is 1.46 bits per heavy atom. The van der Waals surface area contributed by atoms with Crippen molar-refractivity contribution in [3.63, 3.8) is 0 Å². The number of nitrogens with one attached hydrogen (secondary N) is 1. The van der Waals surface area contributed by atoms with Gasteiger partial charge in [-0.3, -0.25) is 0 Å². The zero-order chi connectivity index (χ0) is 10.4. The van der Waals surface area contributed by atoms with Crippen molar-refractivity contribution in [2.24, 2.45) is 0 Å². The quantitative estimate of drug-likeness (QED) is 0.639. The standard InChI is InChI=1S/C8H13NO4/c1-5(2)4-6(7(10)11)9-8(12)13-3/h4,6H,1-3H3,(H,9,12)(H,10,11). The molecule has 0 radical (unpaired) electrons. The molecule has 0 saturated heterocycles. The van der Waals surface area contributed by atoms with Gasteiger partial charge in [-0.2, -0.15) is 0 Å². The first-order valence-corrected chi connectivity index (χ1v) is 3.69. The molecule has 5 heteroatoms. The van der Waals surface area contributed by atoms with E-state index in [0.29, 0.717) is 0 Å². The van der Waals surface area contributed by atoms with Gasteiger partial charge in [-0.05, 0) is 13.8 Å². The van der Waals surface area contributed by atoms with Gasteiger partial charge in [0.15, 0.2) is 0 Å². The summed E-state index contributed by atoms with van der Waals surface area (Å²) in [5, 5.41) is 10.8. The highest BCUT2D eigenvalue weighted by molar-refractivity contribution is 5.81. The van der Waals surface area contributed by atoms with E-state index >= 15 is 0 Å². The fraction of sp³-hybridized carbons (Fsp3) is 0.500. The van der Waals surface area contributed by atoms with Gasteiger partial charge in [-0.1, -0.05) is 11.6 Å². The second-order valence-corrected chi connectivity index (χ2v) is 2.70. The highest BCUT2D eigenvalue weighted by atomic mass is 16.5. The number of carboxylic acid groups (broad SMARTS) is 1. The summed E-state index contributed by atoms with van der Waals surface area (Å²) in [6.45, 7) is 3.49. The van der Waals surface area contributed by atoms with Crippen LogP contribution < -0.4 is 5.32 Å². The maximum Gasteiger partial charge on any atom is 0.407 e. The highest BCUT2D eigenvalue weighted by Crippen LogP contribution is 1.95. The van der Waals surface area contributed by atoms with Gasteiger partial charge < -0.3 is 15.2 Å². The van der Waals surface area contributed by atoms with E-state index in [4.69, 9.17) is 5.11 Å². The molecule has 0 aromatic carbocycles. The van der Waals surface area contributed by atoms with Gasteiger partial charge >= 0.3 is 12.1 Å². The molecule has 0 aromatic heterocycles. The largest absolute Gasteiger partial charge is 0.479 e. The normalized spacial score (nSPS) is 11.3.